The first-order valence-corrected chi connectivity index (χ1v) is 9.78. The molecule has 3 rings (SSSR count). The van der Waals surface area contributed by atoms with Gasteiger partial charge >= 0.3 is 5.97 Å². The maximum atomic E-state index is 12.6. The number of likely N-dealkylation sites (N-methyl/N-ethyl adjacent to an activating group) is 1. The molecule has 2 heterocycles. The molecule has 0 spiro atoms. The van der Waals surface area contributed by atoms with Gasteiger partial charge in [0.1, 0.15) is 6.29 Å². The van der Waals surface area contributed by atoms with Crippen LogP contribution in [0.25, 0.3) is 17.0 Å². The van der Waals surface area contributed by atoms with Crippen molar-refractivity contribution >= 4 is 29.2 Å². The summed E-state index contributed by atoms with van der Waals surface area (Å²) in [6.07, 6.45) is 8.91. The van der Waals surface area contributed by atoms with Crippen molar-refractivity contribution in [3.8, 4) is 0 Å². The number of hydrogen-bond donors (Lipinski definition) is 1. The standard InChI is InChI=1S/C23H28N2O3/c1-4-16-7-5-9-18(23(27)28-3)22-20(15-25(2)14-16)19-13-17(8-6-12-26)10-11-21(19)24-22/h6-8,10-13,18,24H,4-5,9,14-15H2,1-3H3/b8-6+,16-7-. The fourth-order valence-corrected chi connectivity index (χ4v) is 3.98. The fourth-order valence-electron chi connectivity index (χ4n) is 3.98. The Kier molecular flexibility index (Phi) is 6.47. The van der Waals surface area contributed by atoms with E-state index in [0.29, 0.717) is 0 Å². The van der Waals surface area contributed by atoms with E-state index in [1.54, 1.807) is 6.08 Å². The molecular formula is C23H28N2O3. The summed E-state index contributed by atoms with van der Waals surface area (Å²) in [4.78, 5) is 29.0. The number of ether oxygens (including phenoxy) is 1. The first-order chi connectivity index (χ1) is 13.6. The molecule has 0 radical (unpaired) electrons. The van der Waals surface area contributed by atoms with Gasteiger partial charge in [-0.15, -0.1) is 0 Å². The third kappa shape index (κ3) is 4.25. The highest BCUT2D eigenvalue weighted by molar-refractivity contribution is 5.90. The zero-order chi connectivity index (χ0) is 20.1. The van der Waals surface area contributed by atoms with Crippen LogP contribution in [0, 0.1) is 0 Å². The van der Waals surface area contributed by atoms with Gasteiger partial charge in [0.25, 0.3) is 0 Å². The summed E-state index contributed by atoms with van der Waals surface area (Å²) in [5.74, 6) is -0.522. The van der Waals surface area contributed by atoms with Crippen LogP contribution in [-0.2, 0) is 20.9 Å². The van der Waals surface area contributed by atoms with Crippen molar-refractivity contribution in [2.75, 3.05) is 20.7 Å². The van der Waals surface area contributed by atoms with E-state index in [1.165, 1.54) is 18.8 Å². The smallest absolute Gasteiger partial charge is 0.314 e. The number of fused-ring (bicyclic) bond motifs is 3. The lowest BCUT2D eigenvalue weighted by molar-refractivity contribution is -0.142. The van der Waals surface area contributed by atoms with Crippen LogP contribution in [0.15, 0.2) is 35.9 Å². The van der Waals surface area contributed by atoms with E-state index in [4.69, 9.17) is 4.74 Å². The maximum Gasteiger partial charge on any atom is 0.314 e. The van der Waals surface area contributed by atoms with Gasteiger partial charge < -0.3 is 9.72 Å². The minimum Gasteiger partial charge on any atom is -0.469 e. The van der Waals surface area contributed by atoms with Gasteiger partial charge in [0.05, 0.1) is 13.0 Å². The number of allylic oxidation sites excluding steroid dienone is 2. The molecule has 1 atom stereocenters. The first kappa shape index (κ1) is 20.1. The molecule has 2 aromatic rings. The minimum absolute atomic E-state index is 0.205. The molecule has 1 aromatic carbocycles. The normalized spacial score (nSPS) is 20.5. The molecule has 1 N–H and O–H groups in total. The number of aromatic amines is 1. The highest BCUT2D eigenvalue weighted by Gasteiger charge is 2.28. The van der Waals surface area contributed by atoms with Crippen molar-refractivity contribution in [1.82, 2.24) is 9.88 Å². The van der Waals surface area contributed by atoms with Gasteiger partial charge in [0, 0.05) is 29.7 Å². The molecular weight excluding hydrogens is 352 g/mol. The van der Waals surface area contributed by atoms with Crippen LogP contribution >= 0.6 is 0 Å². The lowest BCUT2D eigenvalue weighted by atomic mass is 9.93. The predicted molar refractivity (Wildman–Crippen MR) is 112 cm³/mol. The Hall–Kier alpha value is -2.66. The van der Waals surface area contributed by atoms with Gasteiger partial charge in [-0.3, -0.25) is 14.5 Å². The summed E-state index contributed by atoms with van der Waals surface area (Å²) in [5.41, 5.74) is 5.43. The molecule has 1 aliphatic rings. The highest BCUT2D eigenvalue weighted by atomic mass is 16.5. The fraction of sp³-hybridized carbons (Fsp3) is 0.391. The van der Waals surface area contributed by atoms with E-state index >= 15 is 0 Å². The van der Waals surface area contributed by atoms with Gasteiger partial charge in [-0.25, -0.2) is 0 Å². The van der Waals surface area contributed by atoms with Crippen molar-refractivity contribution in [2.45, 2.75) is 38.6 Å². The lowest BCUT2D eigenvalue weighted by Crippen LogP contribution is -2.24. The Morgan fingerprint density at radius 3 is 2.89 bits per heavy atom. The number of nitrogens with one attached hydrogen (secondary N) is 1. The van der Waals surface area contributed by atoms with E-state index in [9.17, 15) is 9.59 Å². The first-order valence-electron chi connectivity index (χ1n) is 9.78. The van der Waals surface area contributed by atoms with Gasteiger partial charge in [0.2, 0.25) is 0 Å². The summed E-state index contributed by atoms with van der Waals surface area (Å²) in [7, 11) is 3.56. The second-order valence-corrected chi connectivity index (χ2v) is 7.36. The number of benzene rings is 1. The summed E-state index contributed by atoms with van der Waals surface area (Å²) in [6.45, 7) is 3.82. The highest BCUT2D eigenvalue weighted by Crippen LogP contribution is 2.34. The third-order valence-electron chi connectivity index (χ3n) is 5.41. The van der Waals surface area contributed by atoms with Crippen molar-refractivity contribution in [3.63, 3.8) is 0 Å². The van der Waals surface area contributed by atoms with Crippen molar-refractivity contribution in [3.05, 3.63) is 52.7 Å². The average molecular weight is 380 g/mol. The van der Waals surface area contributed by atoms with E-state index in [-0.39, 0.29) is 11.9 Å². The van der Waals surface area contributed by atoms with Crippen LogP contribution in [0.2, 0.25) is 0 Å². The summed E-state index contributed by atoms with van der Waals surface area (Å²) in [6, 6.07) is 6.06. The second-order valence-electron chi connectivity index (χ2n) is 7.36. The zero-order valence-corrected chi connectivity index (χ0v) is 16.8. The van der Waals surface area contributed by atoms with E-state index in [1.807, 2.05) is 12.1 Å². The van der Waals surface area contributed by atoms with Crippen LogP contribution in [0.3, 0.4) is 0 Å². The molecule has 148 valence electrons. The Morgan fingerprint density at radius 1 is 1.36 bits per heavy atom. The van der Waals surface area contributed by atoms with E-state index in [2.05, 4.69) is 36.0 Å². The minimum atomic E-state index is -0.317. The van der Waals surface area contributed by atoms with Crippen LogP contribution in [0.1, 0.15) is 48.9 Å². The van der Waals surface area contributed by atoms with E-state index in [0.717, 1.165) is 66.4 Å². The number of nitrogens with zero attached hydrogens (tertiary/aromatic N) is 1. The number of aldehydes is 1. The maximum absolute atomic E-state index is 12.6. The molecule has 0 fully saturated rings. The van der Waals surface area contributed by atoms with Crippen LogP contribution in [0.5, 0.6) is 0 Å². The molecule has 0 bridgehead atoms. The largest absolute Gasteiger partial charge is 0.469 e. The molecule has 5 nitrogen and oxygen atoms in total. The third-order valence-corrected chi connectivity index (χ3v) is 5.41. The predicted octanol–water partition coefficient (Wildman–Crippen LogP) is 4.20. The summed E-state index contributed by atoms with van der Waals surface area (Å²) in [5, 5.41) is 1.09. The van der Waals surface area contributed by atoms with Gasteiger partial charge in [-0.05, 0) is 55.6 Å². The van der Waals surface area contributed by atoms with E-state index < -0.39 is 0 Å². The average Bonchev–Trinajstić information content (AvgIpc) is 3.05. The number of H-pyrrole nitrogens is 1. The number of carbonyl (C=O) groups excluding carboxylic acids is 2. The molecule has 0 amide bonds. The van der Waals surface area contributed by atoms with Gasteiger partial charge in [-0.1, -0.05) is 30.7 Å². The Balaban J connectivity index is 2.14. The summed E-state index contributed by atoms with van der Waals surface area (Å²) >= 11 is 0. The van der Waals surface area contributed by atoms with Crippen molar-refractivity contribution < 1.29 is 14.3 Å². The topological polar surface area (TPSA) is 62.4 Å². The molecule has 0 aliphatic carbocycles. The molecule has 5 heteroatoms. The lowest BCUT2D eigenvalue weighted by Gasteiger charge is -2.23. The van der Waals surface area contributed by atoms with Crippen LogP contribution in [0.4, 0.5) is 0 Å². The molecule has 1 aliphatic heterocycles. The Bertz CT molecular complexity index is 923. The zero-order valence-electron chi connectivity index (χ0n) is 16.8. The number of carbonyl (C=O) groups is 2. The van der Waals surface area contributed by atoms with Crippen molar-refractivity contribution in [2.24, 2.45) is 0 Å². The van der Waals surface area contributed by atoms with Crippen LogP contribution in [-0.4, -0.2) is 42.8 Å². The van der Waals surface area contributed by atoms with Crippen molar-refractivity contribution in [1.29, 1.82) is 0 Å². The summed E-state index contributed by atoms with van der Waals surface area (Å²) < 4.78 is 5.12. The van der Waals surface area contributed by atoms with Crippen LogP contribution < -0.4 is 0 Å². The van der Waals surface area contributed by atoms with Gasteiger partial charge in [0.15, 0.2) is 0 Å². The molecule has 28 heavy (non-hydrogen) atoms. The molecule has 0 saturated carbocycles. The number of hydrogen-bond acceptors (Lipinski definition) is 4. The monoisotopic (exact) mass is 380 g/mol. The van der Waals surface area contributed by atoms with Gasteiger partial charge in [-0.2, -0.15) is 0 Å². The number of esters is 1. The Labute approximate surface area is 166 Å². The molecule has 1 aromatic heterocycles. The quantitative estimate of drug-likeness (QED) is 0.374. The molecule has 1 unspecified atom stereocenters. The number of rotatable bonds is 4. The number of methoxy groups -OCH3 is 1. The second kappa shape index (κ2) is 9.02. The number of aromatic nitrogens is 1. The SMILES string of the molecule is CC/C1=C/CCC(C(=O)OC)c2[nH]c3ccc(/C=C/C=O)cc3c2CN(C)C1. The molecule has 0 saturated heterocycles. The Morgan fingerprint density at radius 2 is 2.18 bits per heavy atom.